The normalized spacial score (nSPS) is 19.7. The van der Waals surface area contributed by atoms with Crippen LogP contribution >= 0.6 is 0 Å². The first-order valence-electron chi connectivity index (χ1n) is 12.7. The third kappa shape index (κ3) is 5.62. The lowest BCUT2D eigenvalue weighted by molar-refractivity contribution is -0.134. The fourth-order valence-electron chi connectivity index (χ4n) is 5.31. The monoisotopic (exact) mass is 559 g/mol. The topological polar surface area (TPSA) is 135 Å². The van der Waals surface area contributed by atoms with Gasteiger partial charge in [0.2, 0.25) is 0 Å². The second-order valence-corrected chi connectivity index (χ2v) is 11.6. The number of carbonyl (C=O) groups is 2. The van der Waals surface area contributed by atoms with E-state index in [4.69, 9.17) is 4.74 Å². The molecule has 3 N–H and O–H groups in total. The van der Waals surface area contributed by atoms with Gasteiger partial charge in [0, 0.05) is 49.8 Å². The van der Waals surface area contributed by atoms with Gasteiger partial charge in [-0.15, -0.1) is 0 Å². The number of amides is 2. The molecule has 5 rings (SSSR count). The van der Waals surface area contributed by atoms with Crippen LogP contribution in [0.4, 0.5) is 9.18 Å². The van der Waals surface area contributed by atoms with Crippen LogP contribution < -0.4 is 5.48 Å². The van der Waals surface area contributed by atoms with Gasteiger partial charge in [-0.3, -0.25) is 10.0 Å². The van der Waals surface area contributed by atoms with E-state index in [1.54, 1.807) is 18.2 Å². The van der Waals surface area contributed by atoms with Gasteiger partial charge in [-0.05, 0) is 48.1 Å². The molecule has 2 amide bonds. The number of carbonyl (C=O) groups excluding carboxylic acids is 2. The Kier molecular flexibility index (Phi) is 7.84. The highest BCUT2D eigenvalue weighted by Crippen LogP contribution is 2.35. The SMILES string of the molecule is O=C(NO)C1CN(C(=O)OCc2ccccc2)CCN1S(=O)(=O)N1CCC(c2c[nH]c3ccc(F)cc23)CC1. The molecule has 2 fully saturated rings. The maximum atomic E-state index is 13.8. The molecule has 1 atom stereocenters. The quantitative estimate of drug-likeness (QED) is 0.314. The van der Waals surface area contributed by atoms with Crippen molar-refractivity contribution in [3.63, 3.8) is 0 Å². The van der Waals surface area contributed by atoms with Crippen molar-refractivity contribution in [1.82, 2.24) is 24.0 Å². The van der Waals surface area contributed by atoms with Crippen LogP contribution in [-0.2, 0) is 26.3 Å². The Bertz CT molecular complexity index is 1440. The molecule has 3 heterocycles. The smallest absolute Gasteiger partial charge is 0.410 e. The predicted molar refractivity (Wildman–Crippen MR) is 139 cm³/mol. The van der Waals surface area contributed by atoms with Gasteiger partial charge in [0.1, 0.15) is 18.5 Å². The predicted octanol–water partition coefficient (Wildman–Crippen LogP) is 2.56. The van der Waals surface area contributed by atoms with E-state index in [0.717, 1.165) is 26.3 Å². The number of nitrogens with one attached hydrogen (secondary N) is 2. The summed E-state index contributed by atoms with van der Waals surface area (Å²) < 4.78 is 48.7. The molecular weight excluding hydrogens is 529 g/mol. The number of ether oxygens (including phenoxy) is 1. The van der Waals surface area contributed by atoms with E-state index in [-0.39, 0.29) is 51.1 Å². The number of hydrogen-bond acceptors (Lipinski definition) is 6. The summed E-state index contributed by atoms with van der Waals surface area (Å²) in [7, 11) is -4.09. The molecule has 1 unspecified atom stereocenters. The largest absolute Gasteiger partial charge is 0.445 e. The molecule has 1 aromatic heterocycles. The zero-order chi connectivity index (χ0) is 27.6. The summed E-state index contributed by atoms with van der Waals surface area (Å²) in [4.78, 5) is 29.6. The number of nitrogens with zero attached hydrogens (tertiary/aromatic N) is 3. The van der Waals surface area contributed by atoms with E-state index in [2.05, 4.69) is 4.98 Å². The fraction of sp³-hybridized carbons (Fsp3) is 0.385. The lowest BCUT2D eigenvalue weighted by atomic mass is 9.90. The molecule has 0 radical (unpaired) electrons. The van der Waals surface area contributed by atoms with Gasteiger partial charge < -0.3 is 14.6 Å². The molecule has 11 nitrogen and oxygen atoms in total. The van der Waals surface area contributed by atoms with Crippen LogP contribution in [0.25, 0.3) is 10.9 Å². The Morgan fingerprint density at radius 3 is 2.54 bits per heavy atom. The maximum Gasteiger partial charge on any atom is 0.410 e. The van der Waals surface area contributed by atoms with Crippen molar-refractivity contribution in [2.24, 2.45) is 0 Å². The van der Waals surface area contributed by atoms with Crippen LogP contribution in [0.5, 0.6) is 0 Å². The minimum atomic E-state index is -4.09. The van der Waals surface area contributed by atoms with E-state index in [1.165, 1.54) is 26.8 Å². The van der Waals surface area contributed by atoms with Gasteiger partial charge in [-0.2, -0.15) is 17.0 Å². The summed E-state index contributed by atoms with van der Waals surface area (Å²) in [5.41, 5.74) is 4.08. The maximum absolute atomic E-state index is 13.8. The standard InChI is InChI=1S/C26H30FN5O6S/c27-20-6-7-23-21(14-20)22(15-28-23)19-8-10-31(11-9-19)39(36,37)32-13-12-30(16-24(32)25(33)29-35)26(34)38-17-18-4-2-1-3-5-18/h1-7,14-15,19,24,28,35H,8-13,16-17H2,(H,29,33). The molecule has 13 heteroatoms. The molecule has 3 aromatic rings. The summed E-state index contributed by atoms with van der Waals surface area (Å²) >= 11 is 0. The average Bonchev–Trinajstić information content (AvgIpc) is 3.38. The summed E-state index contributed by atoms with van der Waals surface area (Å²) in [6.07, 6.45) is 2.20. The number of piperazine rings is 1. The van der Waals surface area contributed by atoms with E-state index in [9.17, 15) is 27.6 Å². The number of aromatic amines is 1. The number of H-pyrrole nitrogens is 1. The highest BCUT2D eigenvalue weighted by atomic mass is 32.2. The number of hydroxylamine groups is 1. The van der Waals surface area contributed by atoms with Crippen molar-refractivity contribution in [1.29, 1.82) is 0 Å². The molecule has 2 aliphatic heterocycles. The zero-order valence-electron chi connectivity index (χ0n) is 21.1. The first-order valence-corrected chi connectivity index (χ1v) is 14.1. The minimum Gasteiger partial charge on any atom is -0.445 e. The van der Waals surface area contributed by atoms with E-state index >= 15 is 0 Å². The molecule has 39 heavy (non-hydrogen) atoms. The van der Waals surface area contributed by atoms with E-state index in [1.807, 2.05) is 24.4 Å². The van der Waals surface area contributed by atoms with Crippen molar-refractivity contribution < 1.29 is 32.3 Å². The Morgan fingerprint density at radius 1 is 1.08 bits per heavy atom. The number of benzene rings is 2. The second-order valence-electron chi connectivity index (χ2n) is 9.70. The molecule has 208 valence electrons. The summed E-state index contributed by atoms with van der Waals surface area (Å²) in [6, 6.07) is 12.3. The summed E-state index contributed by atoms with van der Waals surface area (Å²) in [5.74, 6) is -1.23. The Hall–Kier alpha value is -3.52. The first-order chi connectivity index (χ1) is 18.8. The summed E-state index contributed by atoms with van der Waals surface area (Å²) in [6.45, 7) is 0.0786. The molecule has 2 saturated heterocycles. The van der Waals surface area contributed by atoms with Crippen molar-refractivity contribution in [2.45, 2.75) is 31.4 Å². The first kappa shape index (κ1) is 27.1. The highest BCUT2D eigenvalue weighted by molar-refractivity contribution is 7.86. The molecule has 0 bridgehead atoms. The molecule has 0 spiro atoms. The third-order valence-corrected chi connectivity index (χ3v) is 9.45. The average molecular weight is 560 g/mol. The Morgan fingerprint density at radius 2 is 1.82 bits per heavy atom. The molecule has 2 aromatic carbocycles. The molecular formula is C26H30FN5O6S. The van der Waals surface area contributed by atoms with Gasteiger partial charge in [0.15, 0.2) is 0 Å². The van der Waals surface area contributed by atoms with Crippen LogP contribution in [0.2, 0.25) is 0 Å². The zero-order valence-corrected chi connectivity index (χ0v) is 21.9. The van der Waals surface area contributed by atoms with Crippen molar-refractivity contribution >= 4 is 33.1 Å². The number of hydrogen-bond donors (Lipinski definition) is 3. The van der Waals surface area contributed by atoms with Crippen LogP contribution in [0, 0.1) is 5.82 Å². The molecule has 0 saturated carbocycles. The van der Waals surface area contributed by atoms with Crippen molar-refractivity contribution in [2.75, 3.05) is 32.7 Å². The lowest BCUT2D eigenvalue weighted by Crippen LogP contribution is -2.63. The van der Waals surface area contributed by atoms with Crippen molar-refractivity contribution in [3.05, 3.63) is 71.7 Å². The lowest BCUT2D eigenvalue weighted by Gasteiger charge is -2.42. The van der Waals surface area contributed by atoms with Gasteiger partial charge in [0.25, 0.3) is 16.1 Å². The Labute approximate surface area is 225 Å². The number of halogens is 1. The number of aromatic nitrogens is 1. The fourth-order valence-corrected chi connectivity index (χ4v) is 7.07. The number of rotatable bonds is 6. The minimum absolute atomic E-state index is 0.0272. The van der Waals surface area contributed by atoms with Crippen LogP contribution in [0.1, 0.15) is 29.9 Å². The Balaban J connectivity index is 1.24. The van der Waals surface area contributed by atoms with Gasteiger partial charge in [-0.1, -0.05) is 30.3 Å². The van der Waals surface area contributed by atoms with Crippen LogP contribution in [0.15, 0.2) is 54.7 Å². The molecule has 0 aliphatic carbocycles. The summed E-state index contributed by atoms with van der Waals surface area (Å²) in [5, 5.41) is 10.1. The number of piperidine rings is 1. The van der Waals surface area contributed by atoms with Gasteiger partial charge in [-0.25, -0.2) is 14.7 Å². The number of fused-ring (bicyclic) bond motifs is 1. The second kappa shape index (κ2) is 11.3. The van der Waals surface area contributed by atoms with Gasteiger partial charge >= 0.3 is 6.09 Å². The van der Waals surface area contributed by atoms with E-state index in [0.29, 0.717) is 12.8 Å². The molecule has 2 aliphatic rings. The van der Waals surface area contributed by atoms with E-state index < -0.39 is 28.3 Å². The highest BCUT2D eigenvalue weighted by Gasteiger charge is 2.44. The van der Waals surface area contributed by atoms with Gasteiger partial charge in [0.05, 0.1) is 0 Å². The van der Waals surface area contributed by atoms with Crippen LogP contribution in [-0.4, -0.2) is 82.9 Å². The van der Waals surface area contributed by atoms with Crippen LogP contribution in [0.3, 0.4) is 0 Å². The third-order valence-electron chi connectivity index (χ3n) is 7.40. The van der Waals surface area contributed by atoms with Crippen molar-refractivity contribution in [3.8, 4) is 0 Å².